The second-order valence-electron chi connectivity index (χ2n) is 4.29. The predicted octanol–water partition coefficient (Wildman–Crippen LogP) is 0.510. The van der Waals surface area contributed by atoms with Crippen molar-refractivity contribution in [2.24, 2.45) is 0 Å². The molecule has 0 radical (unpaired) electrons. The lowest BCUT2D eigenvalue weighted by Gasteiger charge is -2.21. The highest BCUT2D eigenvalue weighted by molar-refractivity contribution is 5.80. The van der Waals surface area contributed by atoms with E-state index >= 15 is 0 Å². The van der Waals surface area contributed by atoms with Gasteiger partial charge in [0.2, 0.25) is 5.60 Å². The molecular weight excluding hydrogens is 238 g/mol. The molecule has 0 saturated heterocycles. The molecule has 0 amide bonds. The molecule has 2 heterocycles. The van der Waals surface area contributed by atoms with E-state index in [0.29, 0.717) is 12.1 Å². The van der Waals surface area contributed by atoms with E-state index < -0.39 is 17.1 Å². The number of aromatic nitrogens is 1. The van der Waals surface area contributed by atoms with Crippen LogP contribution in [0.5, 0.6) is 5.75 Å². The molecule has 6 heteroatoms. The van der Waals surface area contributed by atoms with Gasteiger partial charge in [-0.15, -0.1) is 4.73 Å². The fourth-order valence-corrected chi connectivity index (χ4v) is 1.62. The fraction of sp³-hybridized carbons (Fsp3) is 0.333. The first kappa shape index (κ1) is 12.2. The summed E-state index contributed by atoms with van der Waals surface area (Å²) in [7, 11) is 0. The summed E-state index contributed by atoms with van der Waals surface area (Å²) in [6.45, 7) is 3.13. The van der Waals surface area contributed by atoms with Crippen LogP contribution >= 0.6 is 0 Å². The minimum atomic E-state index is -1.11. The van der Waals surface area contributed by atoms with Gasteiger partial charge in [-0.1, -0.05) is 0 Å². The Labute approximate surface area is 103 Å². The standard InChI is InChI=1S/C12H13NO5/c1-8-6-9(14)7-10(15)13(8)18-11(16)12(2)4-3-5-17-12/h3,5-7,14H,4H2,1-2H3. The molecular formula is C12H13NO5. The molecule has 0 saturated carbocycles. The van der Waals surface area contributed by atoms with Crippen LogP contribution in [-0.2, 0) is 9.53 Å². The van der Waals surface area contributed by atoms with Crippen molar-refractivity contribution >= 4 is 5.97 Å². The van der Waals surface area contributed by atoms with Gasteiger partial charge >= 0.3 is 5.97 Å². The average Bonchev–Trinajstić information content (AvgIpc) is 2.71. The topological polar surface area (TPSA) is 77.8 Å². The molecule has 1 aliphatic heterocycles. The first-order valence-electron chi connectivity index (χ1n) is 5.41. The quantitative estimate of drug-likeness (QED) is 0.828. The molecule has 1 aromatic rings. The summed E-state index contributed by atoms with van der Waals surface area (Å²) in [6.07, 6.45) is 3.51. The Hall–Kier alpha value is -2.24. The first-order valence-corrected chi connectivity index (χ1v) is 5.41. The van der Waals surface area contributed by atoms with Gasteiger partial charge in [0.05, 0.1) is 12.0 Å². The van der Waals surface area contributed by atoms with E-state index in [1.165, 1.54) is 12.3 Å². The molecule has 96 valence electrons. The fourth-order valence-electron chi connectivity index (χ4n) is 1.62. The van der Waals surface area contributed by atoms with E-state index in [1.54, 1.807) is 19.9 Å². The van der Waals surface area contributed by atoms with Crippen molar-refractivity contribution in [3.05, 3.63) is 40.5 Å². The lowest BCUT2D eigenvalue weighted by Crippen LogP contribution is -2.44. The lowest BCUT2D eigenvalue weighted by molar-refractivity contribution is -0.163. The molecule has 1 atom stereocenters. The van der Waals surface area contributed by atoms with Gasteiger partial charge in [-0.3, -0.25) is 4.79 Å². The summed E-state index contributed by atoms with van der Waals surface area (Å²) in [6, 6.07) is 2.29. The van der Waals surface area contributed by atoms with Crippen molar-refractivity contribution in [3.63, 3.8) is 0 Å². The smallest absolute Gasteiger partial charge is 0.376 e. The summed E-state index contributed by atoms with van der Waals surface area (Å²) in [5.41, 5.74) is -1.40. The average molecular weight is 251 g/mol. The van der Waals surface area contributed by atoms with Gasteiger partial charge in [-0.2, -0.15) is 0 Å². The van der Waals surface area contributed by atoms with E-state index in [-0.39, 0.29) is 5.75 Å². The summed E-state index contributed by atoms with van der Waals surface area (Å²) >= 11 is 0. The Kier molecular flexibility index (Phi) is 2.86. The van der Waals surface area contributed by atoms with Crippen LogP contribution in [0.3, 0.4) is 0 Å². The monoisotopic (exact) mass is 251 g/mol. The second kappa shape index (κ2) is 4.21. The number of carbonyl (C=O) groups excluding carboxylic acids is 1. The van der Waals surface area contributed by atoms with Gasteiger partial charge < -0.3 is 14.7 Å². The van der Waals surface area contributed by atoms with Crippen molar-refractivity contribution in [1.82, 2.24) is 4.73 Å². The molecule has 2 rings (SSSR count). The molecule has 1 N–H and O–H groups in total. The van der Waals surface area contributed by atoms with Gasteiger partial charge in [0.15, 0.2) is 0 Å². The third kappa shape index (κ3) is 2.09. The van der Waals surface area contributed by atoms with Gasteiger partial charge in [0.25, 0.3) is 5.56 Å². The number of hydrogen-bond donors (Lipinski definition) is 1. The zero-order valence-electron chi connectivity index (χ0n) is 10.0. The van der Waals surface area contributed by atoms with Crippen LogP contribution in [0.1, 0.15) is 19.0 Å². The first-order chi connectivity index (χ1) is 8.42. The Morgan fingerprint density at radius 3 is 2.83 bits per heavy atom. The normalized spacial score (nSPS) is 21.7. The highest BCUT2D eigenvalue weighted by atomic mass is 16.7. The van der Waals surface area contributed by atoms with Crippen molar-refractivity contribution in [1.29, 1.82) is 0 Å². The Balaban J connectivity index is 2.25. The van der Waals surface area contributed by atoms with E-state index in [0.717, 1.165) is 10.8 Å². The molecule has 1 aliphatic rings. The van der Waals surface area contributed by atoms with Crippen LogP contribution in [0, 0.1) is 6.92 Å². The maximum Gasteiger partial charge on any atom is 0.376 e. The number of rotatable bonds is 2. The third-order valence-corrected chi connectivity index (χ3v) is 2.69. The minimum Gasteiger partial charge on any atom is -0.508 e. The van der Waals surface area contributed by atoms with E-state index in [9.17, 15) is 14.7 Å². The maximum absolute atomic E-state index is 11.9. The minimum absolute atomic E-state index is 0.171. The van der Waals surface area contributed by atoms with Crippen LogP contribution < -0.4 is 10.4 Å². The summed E-state index contributed by atoms with van der Waals surface area (Å²) in [4.78, 5) is 28.5. The van der Waals surface area contributed by atoms with E-state index in [2.05, 4.69) is 0 Å². The highest BCUT2D eigenvalue weighted by Gasteiger charge is 2.39. The van der Waals surface area contributed by atoms with Crippen LogP contribution in [0.2, 0.25) is 0 Å². The predicted molar refractivity (Wildman–Crippen MR) is 61.9 cm³/mol. The number of aromatic hydroxyl groups is 1. The van der Waals surface area contributed by atoms with Crippen molar-refractivity contribution < 1.29 is 19.5 Å². The molecule has 6 nitrogen and oxygen atoms in total. The van der Waals surface area contributed by atoms with Crippen molar-refractivity contribution in [2.75, 3.05) is 0 Å². The third-order valence-electron chi connectivity index (χ3n) is 2.69. The lowest BCUT2D eigenvalue weighted by atomic mass is 10.1. The zero-order valence-corrected chi connectivity index (χ0v) is 10.0. The Morgan fingerprint density at radius 1 is 1.56 bits per heavy atom. The second-order valence-corrected chi connectivity index (χ2v) is 4.29. The van der Waals surface area contributed by atoms with Crippen LogP contribution in [-0.4, -0.2) is 21.4 Å². The van der Waals surface area contributed by atoms with E-state index in [4.69, 9.17) is 9.57 Å². The zero-order chi connectivity index (χ0) is 13.3. The SMILES string of the molecule is Cc1cc(O)cc(=O)n1OC(=O)C1(C)CC=CO1. The van der Waals surface area contributed by atoms with Gasteiger partial charge in [-0.25, -0.2) is 4.79 Å². The molecule has 0 bridgehead atoms. The number of nitrogens with zero attached hydrogens (tertiary/aromatic N) is 1. The van der Waals surface area contributed by atoms with Gasteiger partial charge in [0, 0.05) is 18.6 Å². The summed E-state index contributed by atoms with van der Waals surface area (Å²) in [5, 5.41) is 9.23. The number of aryl methyl sites for hydroxylation is 1. The van der Waals surface area contributed by atoms with Crippen LogP contribution in [0.25, 0.3) is 0 Å². The number of carbonyl (C=O) groups is 1. The number of ether oxygens (including phenoxy) is 1. The van der Waals surface area contributed by atoms with Gasteiger partial charge in [-0.05, 0) is 19.9 Å². The van der Waals surface area contributed by atoms with Crippen molar-refractivity contribution in [3.8, 4) is 5.75 Å². The van der Waals surface area contributed by atoms with Crippen molar-refractivity contribution in [2.45, 2.75) is 25.9 Å². The van der Waals surface area contributed by atoms with Gasteiger partial charge in [0.1, 0.15) is 5.75 Å². The molecule has 0 aromatic carbocycles. The number of pyridine rings is 1. The Bertz CT molecular complexity index is 564. The molecule has 0 fully saturated rings. The summed E-state index contributed by atoms with van der Waals surface area (Å²) in [5.74, 6) is -0.835. The highest BCUT2D eigenvalue weighted by Crippen LogP contribution is 2.23. The Morgan fingerprint density at radius 2 is 2.28 bits per heavy atom. The van der Waals surface area contributed by atoms with Crippen LogP contribution in [0.4, 0.5) is 0 Å². The molecule has 0 aliphatic carbocycles. The number of hydrogen-bond acceptors (Lipinski definition) is 5. The largest absolute Gasteiger partial charge is 0.508 e. The molecule has 1 unspecified atom stereocenters. The molecule has 0 spiro atoms. The summed E-state index contributed by atoms with van der Waals surface area (Å²) < 4.78 is 5.99. The maximum atomic E-state index is 11.9. The molecule has 18 heavy (non-hydrogen) atoms. The van der Waals surface area contributed by atoms with E-state index in [1.807, 2.05) is 0 Å². The van der Waals surface area contributed by atoms with Crippen LogP contribution in [0.15, 0.2) is 29.3 Å². The molecule has 1 aromatic heterocycles.